The van der Waals surface area contributed by atoms with Crippen LogP contribution < -0.4 is 16.6 Å². The van der Waals surface area contributed by atoms with Gasteiger partial charge in [-0.1, -0.05) is 12.1 Å². The van der Waals surface area contributed by atoms with Crippen molar-refractivity contribution >= 4 is 17.1 Å². The van der Waals surface area contributed by atoms with Gasteiger partial charge in [0.2, 0.25) is 5.95 Å². The predicted molar refractivity (Wildman–Crippen MR) is 96.1 cm³/mol. The third-order valence-electron chi connectivity index (χ3n) is 4.07. The monoisotopic (exact) mass is 361 g/mol. The summed E-state index contributed by atoms with van der Waals surface area (Å²) >= 11 is 0. The van der Waals surface area contributed by atoms with Gasteiger partial charge < -0.3 is 10.1 Å². The number of rotatable bonds is 7. The van der Waals surface area contributed by atoms with Crippen LogP contribution in [0.3, 0.4) is 0 Å². The highest BCUT2D eigenvalue weighted by Crippen LogP contribution is 2.18. The zero-order chi connectivity index (χ0) is 18.7. The van der Waals surface area contributed by atoms with E-state index in [2.05, 4.69) is 15.3 Å². The minimum absolute atomic E-state index is 0.283. The Balaban J connectivity index is 2.07. The Bertz CT molecular complexity index is 1020. The number of aryl methyl sites for hydroxylation is 1. The van der Waals surface area contributed by atoms with Crippen molar-refractivity contribution < 1.29 is 9.13 Å². The molecule has 0 saturated heterocycles. The van der Waals surface area contributed by atoms with Crippen LogP contribution in [0.25, 0.3) is 11.2 Å². The van der Waals surface area contributed by atoms with Crippen LogP contribution in [0, 0.1) is 5.82 Å². The second-order valence-corrected chi connectivity index (χ2v) is 5.91. The van der Waals surface area contributed by atoms with E-state index >= 15 is 0 Å². The van der Waals surface area contributed by atoms with Gasteiger partial charge in [-0.3, -0.25) is 18.9 Å². The van der Waals surface area contributed by atoms with Crippen molar-refractivity contribution in [2.24, 2.45) is 7.05 Å². The first-order chi connectivity index (χ1) is 12.5. The summed E-state index contributed by atoms with van der Waals surface area (Å²) in [5.41, 5.74) is 0.335. The summed E-state index contributed by atoms with van der Waals surface area (Å²) in [5, 5.41) is 3.17. The van der Waals surface area contributed by atoms with Crippen LogP contribution in [-0.4, -0.2) is 39.4 Å². The van der Waals surface area contributed by atoms with Gasteiger partial charge in [0.15, 0.2) is 11.2 Å². The van der Waals surface area contributed by atoms with Crippen molar-refractivity contribution in [3.63, 3.8) is 0 Å². The van der Waals surface area contributed by atoms with Gasteiger partial charge in [-0.15, -0.1) is 0 Å². The first-order valence-corrected chi connectivity index (χ1v) is 8.18. The van der Waals surface area contributed by atoms with E-state index in [1.807, 2.05) is 0 Å². The maximum atomic E-state index is 13.2. The lowest BCUT2D eigenvalue weighted by Crippen LogP contribution is -2.29. The summed E-state index contributed by atoms with van der Waals surface area (Å²) in [4.78, 5) is 30.9. The standard InChI is InChI=1S/C17H20FN5O3/c1-22-14-13(15(24)21-17(22)25)23(10-11-4-6-12(18)7-5-11)16(20-14)19-8-3-9-26-2/h4-7H,3,8-10H2,1-2H3,(H,19,20)(H,21,24,25). The molecule has 0 aliphatic heterocycles. The van der Waals surface area contributed by atoms with Gasteiger partial charge >= 0.3 is 5.69 Å². The van der Waals surface area contributed by atoms with Crippen molar-refractivity contribution in [1.82, 2.24) is 19.1 Å². The smallest absolute Gasteiger partial charge is 0.329 e. The molecule has 0 radical (unpaired) electrons. The fraction of sp³-hybridized carbons (Fsp3) is 0.353. The number of imidazole rings is 1. The molecule has 0 atom stereocenters. The quantitative estimate of drug-likeness (QED) is 0.614. The number of benzene rings is 1. The number of nitrogens with one attached hydrogen (secondary N) is 2. The van der Waals surface area contributed by atoms with Crippen LogP contribution in [0.4, 0.5) is 10.3 Å². The molecule has 0 spiro atoms. The summed E-state index contributed by atoms with van der Waals surface area (Å²) in [5.74, 6) is 0.134. The Labute approximate surface area is 148 Å². The fourth-order valence-electron chi connectivity index (χ4n) is 2.71. The van der Waals surface area contributed by atoms with Crippen molar-refractivity contribution in [2.75, 3.05) is 25.6 Å². The maximum Gasteiger partial charge on any atom is 0.329 e. The van der Waals surface area contributed by atoms with Crippen LogP contribution in [0.15, 0.2) is 33.9 Å². The van der Waals surface area contributed by atoms with E-state index in [-0.39, 0.29) is 17.0 Å². The number of aromatic amines is 1. The number of methoxy groups -OCH3 is 1. The largest absolute Gasteiger partial charge is 0.385 e. The molecule has 26 heavy (non-hydrogen) atoms. The molecule has 3 rings (SSSR count). The average Bonchev–Trinajstić information content (AvgIpc) is 2.98. The zero-order valence-corrected chi connectivity index (χ0v) is 14.6. The normalized spacial score (nSPS) is 11.2. The number of H-pyrrole nitrogens is 1. The number of nitrogens with zero attached hydrogens (tertiary/aromatic N) is 3. The summed E-state index contributed by atoms with van der Waals surface area (Å²) in [7, 11) is 3.17. The molecule has 138 valence electrons. The van der Waals surface area contributed by atoms with E-state index in [0.717, 1.165) is 12.0 Å². The number of halogens is 1. The Morgan fingerprint density at radius 3 is 2.69 bits per heavy atom. The van der Waals surface area contributed by atoms with Gasteiger partial charge in [-0.2, -0.15) is 4.98 Å². The minimum Gasteiger partial charge on any atom is -0.385 e. The van der Waals surface area contributed by atoms with Crippen molar-refractivity contribution in [1.29, 1.82) is 0 Å². The third kappa shape index (κ3) is 3.52. The van der Waals surface area contributed by atoms with Crippen LogP contribution in [0.2, 0.25) is 0 Å². The topological polar surface area (TPSA) is 93.9 Å². The van der Waals surface area contributed by atoms with E-state index in [9.17, 15) is 14.0 Å². The molecule has 2 aromatic heterocycles. The zero-order valence-electron chi connectivity index (χ0n) is 14.6. The Hall–Kier alpha value is -2.94. The van der Waals surface area contributed by atoms with Gasteiger partial charge in [0.05, 0.1) is 6.54 Å². The lowest BCUT2D eigenvalue weighted by molar-refractivity contribution is 0.197. The van der Waals surface area contributed by atoms with E-state index in [0.29, 0.717) is 25.6 Å². The van der Waals surface area contributed by atoms with E-state index < -0.39 is 11.2 Å². The molecule has 0 fully saturated rings. The Morgan fingerprint density at radius 1 is 1.27 bits per heavy atom. The first kappa shape index (κ1) is 17.9. The molecule has 2 heterocycles. The molecular weight excluding hydrogens is 341 g/mol. The number of hydrogen-bond donors (Lipinski definition) is 2. The molecule has 9 heteroatoms. The third-order valence-corrected chi connectivity index (χ3v) is 4.07. The van der Waals surface area contributed by atoms with Crippen molar-refractivity contribution in [3.8, 4) is 0 Å². The highest BCUT2D eigenvalue weighted by atomic mass is 19.1. The number of ether oxygens (including phenoxy) is 1. The van der Waals surface area contributed by atoms with Gasteiger partial charge in [-0.05, 0) is 24.1 Å². The molecule has 0 unspecified atom stereocenters. The number of anilines is 1. The second kappa shape index (κ2) is 7.52. The van der Waals surface area contributed by atoms with Crippen molar-refractivity contribution in [3.05, 3.63) is 56.5 Å². The van der Waals surface area contributed by atoms with Gasteiger partial charge in [-0.25, -0.2) is 9.18 Å². The van der Waals surface area contributed by atoms with Gasteiger partial charge in [0.25, 0.3) is 5.56 Å². The Morgan fingerprint density at radius 2 is 2.00 bits per heavy atom. The van der Waals surface area contributed by atoms with Gasteiger partial charge in [0, 0.05) is 27.3 Å². The van der Waals surface area contributed by atoms with Crippen LogP contribution in [0.1, 0.15) is 12.0 Å². The summed E-state index contributed by atoms with van der Waals surface area (Å²) in [6.45, 7) is 1.49. The molecule has 0 aliphatic rings. The van der Waals surface area contributed by atoms with Crippen LogP contribution in [-0.2, 0) is 18.3 Å². The van der Waals surface area contributed by atoms with Gasteiger partial charge in [0.1, 0.15) is 5.82 Å². The lowest BCUT2D eigenvalue weighted by Gasteiger charge is -2.10. The molecule has 1 aromatic carbocycles. The summed E-state index contributed by atoms with van der Waals surface area (Å²) < 4.78 is 21.2. The van der Waals surface area contributed by atoms with Crippen LogP contribution >= 0.6 is 0 Å². The molecule has 0 aliphatic carbocycles. The maximum absolute atomic E-state index is 13.2. The SMILES string of the molecule is COCCCNc1nc2c(c(=O)[nH]c(=O)n2C)n1Cc1ccc(F)cc1. The predicted octanol–water partition coefficient (Wildman–Crippen LogP) is 1.06. The molecular formula is C17H20FN5O3. The molecule has 0 saturated carbocycles. The molecule has 3 aromatic rings. The summed E-state index contributed by atoms with van der Waals surface area (Å²) in [6.07, 6.45) is 0.755. The molecule has 8 nitrogen and oxygen atoms in total. The number of hydrogen-bond acceptors (Lipinski definition) is 5. The van der Waals surface area contributed by atoms with E-state index in [1.165, 1.54) is 16.7 Å². The minimum atomic E-state index is -0.528. The number of fused-ring (bicyclic) bond motifs is 1. The first-order valence-electron chi connectivity index (χ1n) is 8.18. The number of aromatic nitrogens is 4. The summed E-state index contributed by atoms with van der Waals surface area (Å²) in [6, 6.07) is 6.01. The second-order valence-electron chi connectivity index (χ2n) is 5.91. The lowest BCUT2D eigenvalue weighted by atomic mass is 10.2. The highest BCUT2D eigenvalue weighted by molar-refractivity contribution is 5.74. The average molecular weight is 361 g/mol. The molecule has 0 amide bonds. The van der Waals surface area contributed by atoms with Crippen molar-refractivity contribution in [2.45, 2.75) is 13.0 Å². The highest BCUT2D eigenvalue weighted by Gasteiger charge is 2.17. The van der Waals surface area contributed by atoms with E-state index in [1.54, 1.807) is 30.9 Å². The fourth-order valence-corrected chi connectivity index (χ4v) is 2.71. The van der Waals surface area contributed by atoms with Crippen LogP contribution in [0.5, 0.6) is 0 Å². The molecule has 0 bridgehead atoms. The Kier molecular flexibility index (Phi) is 5.17. The molecule has 2 N–H and O–H groups in total. The van der Waals surface area contributed by atoms with E-state index in [4.69, 9.17) is 4.74 Å².